The van der Waals surface area contributed by atoms with Crippen LogP contribution in [-0.2, 0) is 9.22 Å². The Labute approximate surface area is 141 Å². The molecule has 0 saturated carbocycles. The van der Waals surface area contributed by atoms with Crippen LogP contribution in [0.1, 0.15) is 27.2 Å². The van der Waals surface area contributed by atoms with Crippen molar-refractivity contribution < 1.29 is 13.6 Å². The molecule has 1 atom stereocenters. The average molecular weight is 388 g/mol. The number of nitrogens with zero attached hydrogens (tertiary/aromatic N) is 1. The first kappa shape index (κ1) is 17.6. The van der Waals surface area contributed by atoms with Crippen LogP contribution in [0.25, 0.3) is 0 Å². The maximum absolute atomic E-state index is 14.1. The fraction of sp³-hybridized carbons (Fsp3) is 0.562. The van der Waals surface area contributed by atoms with E-state index in [0.717, 1.165) is 0 Å². The number of anilines is 1. The summed E-state index contributed by atoms with van der Waals surface area (Å²) in [5.74, 6) is -0.526. The third-order valence-electron chi connectivity index (χ3n) is 4.60. The van der Waals surface area contributed by atoms with Gasteiger partial charge >= 0.3 is 0 Å². The number of hydrogen-bond donors (Lipinski definition) is 0. The topological polar surface area (TPSA) is 29.5 Å². The van der Waals surface area contributed by atoms with E-state index >= 15 is 0 Å². The van der Waals surface area contributed by atoms with Gasteiger partial charge in [-0.3, -0.25) is 4.79 Å². The van der Waals surface area contributed by atoms with Gasteiger partial charge in [-0.15, -0.1) is 0 Å². The molecule has 1 aliphatic heterocycles. The molecule has 0 spiro atoms. The zero-order chi connectivity index (χ0) is 16.7. The molecular weight excluding hydrogens is 365 g/mol. The van der Waals surface area contributed by atoms with Crippen LogP contribution in [0.5, 0.6) is 0 Å². The minimum Gasteiger partial charge on any atom is -0.405 e. The third kappa shape index (κ3) is 3.44. The highest BCUT2D eigenvalue weighted by Crippen LogP contribution is 2.39. The number of halogens is 2. The van der Waals surface area contributed by atoms with Gasteiger partial charge < -0.3 is 9.33 Å². The predicted molar refractivity (Wildman–Crippen MR) is 93.1 cm³/mol. The van der Waals surface area contributed by atoms with E-state index in [9.17, 15) is 9.18 Å². The Morgan fingerprint density at radius 3 is 2.55 bits per heavy atom. The van der Waals surface area contributed by atoms with Crippen molar-refractivity contribution in [2.45, 2.75) is 51.4 Å². The van der Waals surface area contributed by atoms with E-state index in [1.54, 1.807) is 12.1 Å². The highest BCUT2D eigenvalue weighted by molar-refractivity contribution is 9.10. The zero-order valence-electron chi connectivity index (χ0n) is 13.7. The summed E-state index contributed by atoms with van der Waals surface area (Å²) < 4.78 is 20.9. The molecule has 0 radical (unpaired) electrons. The minimum atomic E-state index is -2.01. The first-order chi connectivity index (χ1) is 10.0. The SMILES string of the molecule is CC(C)(C)[Si](C)(C)O[C@H]1CCN(c2ccc(Br)cc2F)C1=O. The van der Waals surface area contributed by atoms with Crippen LogP contribution in [-0.4, -0.2) is 26.9 Å². The molecule has 1 aromatic rings. The molecule has 0 aromatic heterocycles. The Kier molecular flexibility index (Phi) is 4.85. The summed E-state index contributed by atoms with van der Waals surface area (Å²) in [6, 6.07) is 4.75. The third-order valence-corrected chi connectivity index (χ3v) is 9.58. The van der Waals surface area contributed by atoms with Gasteiger partial charge in [0.2, 0.25) is 0 Å². The second-order valence-electron chi connectivity index (χ2n) is 7.24. The largest absolute Gasteiger partial charge is 0.405 e. The van der Waals surface area contributed by atoms with E-state index in [2.05, 4.69) is 49.8 Å². The lowest BCUT2D eigenvalue weighted by Crippen LogP contribution is -2.46. The zero-order valence-corrected chi connectivity index (χ0v) is 16.3. The van der Waals surface area contributed by atoms with Crippen LogP contribution in [0.2, 0.25) is 18.1 Å². The van der Waals surface area contributed by atoms with Gasteiger partial charge in [0.1, 0.15) is 11.9 Å². The van der Waals surface area contributed by atoms with Crippen LogP contribution in [0, 0.1) is 5.82 Å². The molecule has 122 valence electrons. The van der Waals surface area contributed by atoms with Gasteiger partial charge in [-0.25, -0.2) is 4.39 Å². The van der Waals surface area contributed by atoms with Gasteiger partial charge in [0.15, 0.2) is 8.32 Å². The molecule has 22 heavy (non-hydrogen) atoms. The molecule has 1 aliphatic rings. The molecule has 1 aromatic carbocycles. The lowest BCUT2D eigenvalue weighted by molar-refractivity contribution is -0.123. The van der Waals surface area contributed by atoms with Crippen molar-refractivity contribution in [3.63, 3.8) is 0 Å². The van der Waals surface area contributed by atoms with Gasteiger partial charge in [0, 0.05) is 11.0 Å². The molecule has 0 N–H and O–H groups in total. The Morgan fingerprint density at radius 2 is 2.00 bits per heavy atom. The van der Waals surface area contributed by atoms with E-state index in [1.165, 1.54) is 11.0 Å². The Hall–Kier alpha value is -0.723. The maximum atomic E-state index is 14.1. The summed E-state index contributed by atoms with van der Waals surface area (Å²) in [6.07, 6.45) is 0.157. The van der Waals surface area contributed by atoms with Crippen molar-refractivity contribution in [1.82, 2.24) is 0 Å². The molecule has 1 heterocycles. The molecule has 6 heteroatoms. The van der Waals surface area contributed by atoms with Gasteiger partial charge in [0.05, 0.1) is 5.69 Å². The standard InChI is InChI=1S/C16H23BrFNO2Si/c1-16(2,3)22(4,5)21-14-8-9-19(15(14)20)13-7-6-11(17)10-12(13)18/h6-7,10,14H,8-9H2,1-5H3/t14-/m0/s1. The van der Waals surface area contributed by atoms with E-state index in [-0.39, 0.29) is 10.9 Å². The van der Waals surface area contributed by atoms with Crippen molar-refractivity contribution in [2.24, 2.45) is 0 Å². The molecule has 0 aliphatic carbocycles. The second-order valence-corrected chi connectivity index (χ2v) is 12.9. The molecule has 0 unspecified atom stereocenters. The quantitative estimate of drug-likeness (QED) is 0.702. The summed E-state index contributed by atoms with van der Waals surface area (Å²) in [5, 5.41) is 0.0452. The smallest absolute Gasteiger partial charge is 0.255 e. The number of hydrogen-bond acceptors (Lipinski definition) is 2. The second kappa shape index (κ2) is 6.05. The molecular formula is C16H23BrFNO2Si. The predicted octanol–water partition coefficient (Wildman–Crippen LogP) is 4.72. The highest BCUT2D eigenvalue weighted by atomic mass is 79.9. The molecule has 1 fully saturated rings. The number of benzene rings is 1. The fourth-order valence-corrected chi connectivity index (χ4v) is 3.85. The lowest BCUT2D eigenvalue weighted by atomic mass is 10.2. The number of carbonyl (C=O) groups is 1. The average Bonchev–Trinajstić information content (AvgIpc) is 2.69. The minimum absolute atomic E-state index is 0.0452. The molecule has 1 amide bonds. The van der Waals surface area contributed by atoms with Crippen LogP contribution < -0.4 is 4.90 Å². The van der Waals surface area contributed by atoms with E-state index in [0.29, 0.717) is 23.1 Å². The maximum Gasteiger partial charge on any atom is 0.255 e. The Morgan fingerprint density at radius 1 is 1.36 bits per heavy atom. The first-order valence-corrected chi connectivity index (χ1v) is 11.2. The number of rotatable bonds is 3. The molecule has 3 nitrogen and oxygen atoms in total. The molecule has 1 saturated heterocycles. The summed E-state index contributed by atoms with van der Waals surface area (Å²) in [5.41, 5.74) is 0.328. The Bertz CT molecular complexity index is 586. The Balaban J connectivity index is 2.17. The van der Waals surface area contributed by atoms with E-state index < -0.39 is 20.2 Å². The van der Waals surface area contributed by atoms with Crippen molar-refractivity contribution in [2.75, 3.05) is 11.4 Å². The summed E-state index contributed by atoms with van der Waals surface area (Å²) in [7, 11) is -2.01. The van der Waals surface area contributed by atoms with Crippen molar-refractivity contribution in [1.29, 1.82) is 0 Å². The lowest BCUT2D eigenvalue weighted by Gasteiger charge is -2.37. The van der Waals surface area contributed by atoms with Crippen molar-refractivity contribution >= 4 is 35.8 Å². The monoisotopic (exact) mass is 387 g/mol. The number of carbonyl (C=O) groups excluding carboxylic acids is 1. The summed E-state index contributed by atoms with van der Waals surface area (Å²) in [4.78, 5) is 14.1. The van der Waals surface area contributed by atoms with Crippen LogP contribution in [0.15, 0.2) is 22.7 Å². The van der Waals surface area contributed by atoms with Crippen LogP contribution in [0.4, 0.5) is 10.1 Å². The van der Waals surface area contributed by atoms with Gasteiger partial charge in [-0.05, 0) is 42.8 Å². The number of amides is 1. The van der Waals surface area contributed by atoms with Crippen LogP contribution in [0.3, 0.4) is 0 Å². The van der Waals surface area contributed by atoms with E-state index in [1.807, 2.05) is 0 Å². The highest BCUT2D eigenvalue weighted by Gasteiger charge is 2.44. The normalized spacial score (nSPS) is 19.9. The van der Waals surface area contributed by atoms with Crippen LogP contribution >= 0.6 is 15.9 Å². The van der Waals surface area contributed by atoms with Crippen molar-refractivity contribution in [3.8, 4) is 0 Å². The van der Waals surface area contributed by atoms with Gasteiger partial charge in [-0.2, -0.15) is 0 Å². The molecule has 2 rings (SSSR count). The fourth-order valence-electron chi connectivity index (χ4n) is 2.23. The summed E-state index contributed by atoms with van der Waals surface area (Å²) in [6.45, 7) is 11.2. The molecule has 0 bridgehead atoms. The first-order valence-electron chi connectivity index (χ1n) is 7.47. The van der Waals surface area contributed by atoms with Gasteiger partial charge in [0.25, 0.3) is 5.91 Å². The van der Waals surface area contributed by atoms with Gasteiger partial charge in [-0.1, -0.05) is 36.7 Å². The summed E-state index contributed by atoms with van der Waals surface area (Å²) >= 11 is 3.23. The van der Waals surface area contributed by atoms with Crippen molar-refractivity contribution in [3.05, 3.63) is 28.5 Å². The van der Waals surface area contributed by atoms with E-state index in [4.69, 9.17) is 4.43 Å².